The normalized spacial score (nSPS) is 17.1. The Morgan fingerprint density at radius 3 is 2.37 bits per heavy atom. The lowest BCUT2D eigenvalue weighted by molar-refractivity contribution is 0.225. The van der Waals surface area contributed by atoms with Crippen molar-refractivity contribution in [3.8, 4) is 0 Å². The summed E-state index contributed by atoms with van der Waals surface area (Å²) in [6.07, 6.45) is 5.79. The second-order valence-corrected chi connectivity index (χ2v) is 6.93. The van der Waals surface area contributed by atoms with E-state index in [2.05, 4.69) is 15.9 Å². The summed E-state index contributed by atoms with van der Waals surface area (Å²) in [4.78, 5) is 0. The molecule has 0 spiro atoms. The van der Waals surface area contributed by atoms with Gasteiger partial charge in [-0.3, -0.25) is 0 Å². The third-order valence-electron chi connectivity index (χ3n) is 4.29. The minimum Gasteiger partial charge on any atom is -0.206 e. The molecule has 1 fully saturated rings. The summed E-state index contributed by atoms with van der Waals surface area (Å²) in [6, 6.07) is 5.18. The topological polar surface area (TPSA) is 0 Å². The standard InChI is InChI=1S/C15H18BrCl2F/c16-13-7-11(5-6-14(13)19)8-15(9-17,10-18)12-3-1-2-4-12/h5-7,12H,1-4,8-10H2. The predicted octanol–water partition coefficient (Wildman–Crippen LogP) is 5.78. The van der Waals surface area contributed by atoms with Gasteiger partial charge in [0, 0.05) is 17.2 Å². The van der Waals surface area contributed by atoms with Crippen molar-refractivity contribution in [2.24, 2.45) is 11.3 Å². The van der Waals surface area contributed by atoms with Crippen LogP contribution < -0.4 is 0 Å². The van der Waals surface area contributed by atoms with Crippen LogP contribution >= 0.6 is 39.1 Å². The first-order valence-electron chi connectivity index (χ1n) is 6.67. The largest absolute Gasteiger partial charge is 0.206 e. The number of halogens is 4. The maximum Gasteiger partial charge on any atom is 0.137 e. The second-order valence-electron chi connectivity index (χ2n) is 5.54. The number of benzene rings is 1. The van der Waals surface area contributed by atoms with Crippen LogP contribution in [-0.4, -0.2) is 11.8 Å². The van der Waals surface area contributed by atoms with Crippen molar-refractivity contribution < 1.29 is 4.39 Å². The Morgan fingerprint density at radius 2 is 1.84 bits per heavy atom. The highest BCUT2D eigenvalue weighted by Crippen LogP contribution is 2.44. The first kappa shape index (κ1) is 15.6. The minimum absolute atomic E-state index is 0.0587. The summed E-state index contributed by atoms with van der Waals surface area (Å²) in [7, 11) is 0. The SMILES string of the molecule is Fc1ccc(CC(CCl)(CCl)C2CCCC2)cc1Br. The van der Waals surface area contributed by atoms with Crippen LogP contribution in [0.4, 0.5) is 4.39 Å². The summed E-state index contributed by atoms with van der Waals surface area (Å²) in [6.45, 7) is 0. The van der Waals surface area contributed by atoms with Gasteiger partial charge in [-0.05, 0) is 58.8 Å². The Labute approximate surface area is 132 Å². The van der Waals surface area contributed by atoms with Gasteiger partial charge in [-0.15, -0.1) is 23.2 Å². The summed E-state index contributed by atoms with van der Waals surface area (Å²) < 4.78 is 13.8. The molecule has 0 saturated heterocycles. The van der Waals surface area contributed by atoms with Crippen LogP contribution in [0.3, 0.4) is 0 Å². The molecular formula is C15H18BrCl2F. The predicted molar refractivity (Wildman–Crippen MR) is 83.6 cm³/mol. The van der Waals surface area contributed by atoms with Crippen LogP contribution in [0, 0.1) is 17.2 Å². The van der Waals surface area contributed by atoms with Crippen LogP contribution in [-0.2, 0) is 6.42 Å². The Hall–Kier alpha value is 0.210. The highest BCUT2D eigenvalue weighted by molar-refractivity contribution is 9.10. The average Bonchev–Trinajstić information content (AvgIpc) is 2.95. The lowest BCUT2D eigenvalue weighted by Crippen LogP contribution is -2.35. The fraction of sp³-hybridized carbons (Fsp3) is 0.600. The summed E-state index contributed by atoms with van der Waals surface area (Å²) >= 11 is 15.8. The molecule has 0 aliphatic heterocycles. The molecular weight excluding hydrogens is 350 g/mol. The van der Waals surface area contributed by atoms with E-state index in [0.29, 0.717) is 22.2 Å². The van der Waals surface area contributed by atoms with Gasteiger partial charge in [0.2, 0.25) is 0 Å². The Bertz CT molecular complexity index is 426. The van der Waals surface area contributed by atoms with E-state index in [4.69, 9.17) is 23.2 Å². The maximum atomic E-state index is 13.3. The third-order valence-corrected chi connectivity index (χ3v) is 5.97. The van der Waals surface area contributed by atoms with Gasteiger partial charge in [0.05, 0.1) is 4.47 Å². The molecule has 0 heterocycles. The lowest BCUT2D eigenvalue weighted by atomic mass is 9.73. The van der Waals surface area contributed by atoms with Crippen molar-refractivity contribution in [2.75, 3.05) is 11.8 Å². The van der Waals surface area contributed by atoms with Gasteiger partial charge >= 0.3 is 0 Å². The molecule has 2 rings (SSSR count). The van der Waals surface area contributed by atoms with E-state index in [-0.39, 0.29) is 11.2 Å². The van der Waals surface area contributed by atoms with Crippen molar-refractivity contribution in [1.82, 2.24) is 0 Å². The number of rotatable bonds is 5. The van der Waals surface area contributed by atoms with Crippen molar-refractivity contribution in [2.45, 2.75) is 32.1 Å². The zero-order valence-electron chi connectivity index (χ0n) is 10.8. The van der Waals surface area contributed by atoms with Crippen LogP contribution in [0.15, 0.2) is 22.7 Å². The quantitative estimate of drug-likeness (QED) is 0.578. The minimum atomic E-state index is -0.230. The zero-order valence-corrected chi connectivity index (χ0v) is 13.9. The molecule has 0 bridgehead atoms. The Morgan fingerprint density at radius 1 is 1.21 bits per heavy atom. The van der Waals surface area contributed by atoms with Crippen LogP contribution in [0.5, 0.6) is 0 Å². The van der Waals surface area contributed by atoms with Gasteiger partial charge in [-0.2, -0.15) is 0 Å². The molecule has 1 aromatic carbocycles. The average molecular weight is 368 g/mol. The number of alkyl halides is 2. The van der Waals surface area contributed by atoms with Gasteiger partial charge in [-0.25, -0.2) is 4.39 Å². The smallest absolute Gasteiger partial charge is 0.137 e. The molecule has 4 heteroatoms. The molecule has 1 aliphatic carbocycles. The highest BCUT2D eigenvalue weighted by Gasteiger charge is 2.39. The molecule has 0 aromatic heterocycles. The van der Waals surface area contributed by atoms with Crippen molar-refractivity contribution >= 4 is 39.1 Å². The molecule has 0 radical (unpaired) electrons. The fourth-order valence-electron chi connectivity index (χ4n) is 3.09. The summed E-state index contributed by atoms with van der Waals surface area (Å²) in [5.41, 5.74) is 1.04. The van der Waals surface area contributed by atoms with Gasteiger partial charge in [0.25, 0.3) is 0 Å². The highest BCUT2D eigenvalue weighted by atomic mass is 79.9. The van der Waals surface area contributed by atoms with E-state index in [9.17, 15) is 4.39 Å². The molecule has 1 aromatic rings. The lowest BCUT2D eigenvalue weighted by Gasteiger charge is -2.36. The van der Waals surface area contributed by atoms with E-state index < -0.39 is 0 Å². The molecule has 19 heavy (non-hydrogen) atoms. The summed E-state index contributed by atoms with van der Waals surface area (Å²) in [5, 5.41) is 0. The van der Waals surface area contributed by atoms with Crippen molar-refractivity contribution in [3.05, 3.63) is 34.1 Å². The Balaban J connectivity index is 2.21. The van der Waals surface area contributed by atoms with Crippen molar-refractivity contribution in [1.29, 1.82) is 0 Å². The molecule has 0 unspecified atom stereocenters. The molecule has 1 saturated carbocycles. The monoisotopic (exact) mass is 366 g/mol. The number of hydrogen-bond donors (Lipinski definition) is 0. The van der Waals surface area contributed by atoms with Crippen LogP contribution in [0.2, 0.25) is 0 Å². The van der Waals surface area contributed by atoms with Crippen LogP contribution in [0.1, 0.15) is 31.2 Å². The van der Waals surface area contributed by atoms with E-state index >= 15 is 0 Å². The van der Waals surface area contributed by atoms with E-state index in [1.165, 1.54) is 31.7 Å². The molecule has 106 valence electrons. The zero-order chi connectivity index (χ0) is 13.9. The maximum absolute atomic E-state index is 13.3. The second kappa shape index (κ2) is 6.78. The third kappa shape index (κ3) is 3.46. The van der Waals surface area contributed by atoms with Crippen molar-refractivity contribution in [3.63, 3.8) is 0 Å². The van der Waals surface area contributed by atoms with Gasteiger partial charge in [0.15, 0.2) is 0 Å². The summed E-state index contributed by atoms with van der Waals surface area (Å²) in [5.74, 6) is 1.49. The molecule has 0 N–H and O–H groups in total. The van der Waals surface area contributed by atoms with E-state index in [1.54, 1.807) is 0 Å². The van der Waals surface area contributed by atoms with E-state index in [1.807, 2.05) is 12.1 Å². The van der Waals surface area contributed by atoms with E-state index in [0.717, 1.165) is 12.0 Å². The van der Waals surface area contributed by atoms with Gasteiger partial charge < -0.3 is 0 Å². The van der Waals surface area contributed by atoms with Gasteiger partial charge in [0.1, 0.15) is 5.82 Å². The Kier molecular flexibility index (Phi) is 5.56. The molecule has 0 atom stereocenters. The number of hydrogen-bond acceptors (Lipinski definition) is 0. The van der Waals surface area contributed by atoms with Gasteiger partial charge in [-0.1, -0.05) is 18.9 Å². The first-order valence-corrected chi connectivity index (χ1v) is 8.53. The molecule has 0 amide bonds. The molecule has 0 nitrogen and oxygen atoms in total. The fourth-order valence-corrected chi connectivity index (χ4v) is 4.42. The molecule has 1 aliphatic rings. The first-order chi connectivity index (χ1) is 9.11. The van der Waals surface area contributed by atoms with Crippen LogP contribution in [0.25, 0.3) is 0 Å².